The molecule has 94 valence electrons. The van der Waals surface area contributed by atoms with Crippen LogP contribution < -0.4 is 5.32 Å². The van der Waals surface area contributed by atoms with Crippen molar-refractivity contribution >= 4 is 17.2 Å². The number of amides is 1. The Balaban J connectivity index is 2.08. The van der Waals surface area contributed by atoms with Gasteiger partial charge in [-0.3, -0.25) is 9.78 Å². The van der Waals surface area contributed by atoms with Gasteiger partial charge in [0.05, 0.1) is 10.9 Å². The van der Waals surface area contributed by atoms with Gasteiger partial charge in [0.25, 0.3) is 5.91 Å². The molecule has 0 aliphatic rings. The van der Waals surface area contributed by atoms with E-state index in [2.05, 4.69) is 10.3 Å². The second-order valence-electron chi connectivity index (χ2n) is 4.33. The van der Waals surface area contributed by atoms with Gasteiger partial charge in [0.1, 0.15) is 0 Å². The highest BCUT2D eigenvalue weighted by atomic mass is 32.1. The third-order valence-electron chi connectivity index (χ3n) is 2.94. The predicted octanol–water partition coefficient (Wildman–Crippen LogP) is 3.25. The van der Waals surface area contributed by atoms with Crippen LogP contribution in [0.25, 0.3) is 0 Å². The lowest BCUT2D eigenvalue weighted by Crippen LogP contribution is -2.25. The maximum atomic E-state index is 12.1. The third-order valence-corrected chi connectivity index (χ3v) is 4.09. The van der Waals surface area contributed by atoms with Crippen molar-refractivity contribution in [3.05, 3.63) is 51.5 Å². The molecule has 2 heterocycles. The van der Waals surface area contributed by atoms with Gasteiger partial charge in [0, 0.05) is 17.3 Å². The van der Waals surface area contributed by atoms with Gasteiger partial charge in [-0.05, 0) is 50.1 Å². The fourth-order valence-corrected chi connectivity index (χ4v) is 2.63. The van der Waals surface area contributed by atoms with Gasteiger partial charge in [-0.2, -0.15) is 0 Å². The summed E-state index contributed by atoms with van der Waals surface area (Å²) in [6.45, 7) is 6.03. The fourth-order valence-electron chi connectivity index (χ4n) is 1.69. The summed E-state index contributed by atoms with van der Waals surface area (Å²) < 4.78 is 0. The Hall–Kier alpha value is -1.68. The van der Waals surface area contributed by atoms with E-state index in [-0.39, 0.29) is 11.9 Å². The lowest BCUT2D eigenvalue weighted by atomic mass is 10.1. The average molecular weight is 260 g/mol. The van der Waals surface area contributed by atoms with E-state index in [1.165, 1.54) is 21.8 Å². The lowest BCUT2D eigenvalue weighted by Gasteiger charge is -2.13. The molecule has 0 unspecified atom stereocenters. The van der Waals surface area contributed by atoms with Crippen molar-refractivity contribution < 1.29 is 4.79 Å². The monoisotopic (exact) mass is 260 g/mol. The summed E-state index contributed by atoms with van der Waals surface area (Å²) >= 11 is 1.54. The first-order valence-electron chi connectivity index (χ1n) is 5.85. The summed E-state index contributed by atoms with van der Waals surface area (Å²) in [7, 11) is 0. The summed E-state index contributed by atoms with van der Waals surface area (Å²) in [5, 5.41) is 3.00. The number of nitrogens with zero attached hydrogens (tertiary/aromatic N) is 1. The smallest absolute Gasteiger partial charge is 0.261 e. The van der Waals surface area contributed by atoms with Crippen molar-refractivity contribution in [1.82, 2.24) is 10.3 Å². The quantitative estimate of drug-likeness (QED) is 0.920. The highest BCUT2D eigenvalue weighted by Crippen LogP contribution is 2.21. The molecular weight excluding hydrogens is 244 g/mol. The Labute approximate surface area is 111 Å². The van der Waals surface area contributed by atoms with E-state index in [0.29, 0.717) is 0 Å². The van der Waals surface area contributed by atoms with Crippen LogP contribution in [0, 0.1) is 13.8 Å². The SMILES string of the molecule is Cc1cc(C(=O)N[C@@H](C)c2ccncc2)sc1C. The van der Waals surface area contributed by atoms with Crippen molar-refractivity contribution in [2.45, 2.75) is 26.8 Å². The van der Waals surface area contributed by atoms with Gasteiger partial charge in [0.15, 0.2) is 0 Å². The maximum Gasteiger partial charge on any atom is 0.261 e. The van der Waals surface area contributed by atoms with Crippen LogP contribution in [0.4, 0.5) is 0 Å². The van der Waals surface area contributed by atoms with Gasteiger partial charge in [-0.1, -0.05) is 0 Å². The number of pyridine rings is 1. The zero-order valence-corrected chi connectivity index (χ0v) is 11.5. The van der Waals surface area contributed by atoms with E-state index < -0.39 is 0 Å². The van der Waals surface area contributed by atoms with Crippen molar-refractivity contribution in [3.8, 4) is 0 Å². The molecule has 0 saturated carbocycles. The zero-order valence-electron chi connectivity index (χ0n) is 10.7. The van der Waals surface area contributed by atoms with Gasteiger partial charge in [0.2, 0.25) is 0 Å². The molecule has 0 aliphatic heterocycles. The first kappa shape index (κ1) is 12.8. The predicted molar refractivity (Wildman–Crippen MR) is 73.9 cm³/mol. The third kappa shape index (κ3) is 2.76. The highest BCUT2D eigenvalue weighted by molar-refractivity contribution is 7.14. The van der Waals surface area contributed by atoms with Crippen LogP contribution in [0.5, 0.6) is 0 Å². The van der Waals surface area contributed by atoms with Crippen molar-refractivity contribution in [2.24, 2.45) is 0 Å². The number of aromatic nitrogens is 1. The summed E-state index contributed by atoms with van der Waals surface area (Å²) in [6.07, 6.45) is 3.47. The summed E-state index contributed by atoms with van der Waals surface area (Å²) in [6, 6.07) is 5.75. The Bertz CT molecular complexity index is 529. The molecule has 2 aromatic heterocycles. The number of aryl methyl sites for hydroxylation is 2. The Morgan fingerprint density at radius 2 is 2.00 bits per heavy atom. The summed E-state index contributed by atoms with van der Waals surface area (Å²) in [5.41, 5.74) is 2.23. The Kier molecular flexibility index (Phi) is 3.77. The van der Waals surface area contributed by atoms with E-state index >= 15 is 0 Å². The molecule has 0 radical (unpaired) electrons. The molecule has 1 amide bonds. The van der Waals surface area contributed by atoms with Crippen molar-refractivity contribution in [3.63, 3.8) is 0 Å². The summed E-state index contributed by atoms with van der Waals surface area (Å²) in [4.78, 5) is 18.0. The molecule has 0 aliphatic carbocycles. The van der Waals surface area contributed by atoms with E-state index in [0.717, 1.165) is 10.4 Å². The largest absolute Gasteiger partial charge is 0.345 e. The van der Waals surface area contributed by atoms with Crippen LogP contribution in [-0.2, 0) is 0 Å². The van der Waals surface area contributed by atoms with Crippen LogP contribution >= 0.6 is 11.3 Å². The molecule has 2 aromatic rings. The number of rotatable bonds is 3. The first-order chi connectivity index (χ1) is 8.58. The molecule has 2 rings (SSSR count). The van der Waals surface area contributed by atoms with E-state index in [9.17, 15) is 4.79 Å². The van der Waals surface area contributed by atoms with Gasteiger partial charge in [-0.25, -0.2) is 0 Å². The van der Waals surface area contributed by atoms with Gasteiger partial charge < -0.3 is 5.32 Å². The Morgan fingerprint density at radius 3 is 2.56 bits per heavy atom. The minimum atomic E-state index is -0.0134. The molecule has 1 atom stereocenters. The number of hydrogen-bond acceptors (Lipinski definition) is 3. The molecule has 18 heavy (non-hydrogen) atoms. The molecule has 0 bridgehead atoms. The second kappa shape index (κ2) is 5.31. The van der Waals surface area contributed by atoms with E-state index in [4.69, 9.17) is 0 Å². The lowest BCUT2D eigenvalue weighted by molar-refractivity contribution is 0.0944. The van der Waals surface area contributed by atoms with Crippen LogP contribution in [0.3, 0.4) is 0 Å². The van der Waals surface area contributed by atoms with Crippen LogP contribution in [0.15, 0.2) is 30.6 Å². The topological polar surface area (TPSA) is 42.0 Å². The molecule has 1 N–H and O–H groups in total. The summed E-state index contributed by atoms with van der Waals surface area (Å²) in [5.74, 6) is -0.0134. The average Bonchev–Trinajstić information content (AvgIpc) is 2.71. The molecule has 0 aromatic carbocycles. The standard InChI is InChI=1S/C14H16N2OS/c1-9-8-13(18-11(9)3)14(17)16-10(2)12-4-6-15-7-5-12/h4-8,10H,1-3H3,(H,16,17)/t10-/m0/s1. The van der Waals surface area contributed by atoms with Gasteiger partial charge in [-0.15, -0.1) is 11.3 Å². The Morgan fingerprint density at radius 1 is 1.33 bits per heavy atom. The number of nitrogens with one attached hydrogen (secondary N) is 1. The molecule has 0 saturated heterocycles. The normalized spacial score (nSPS) is 12.2. The molecular formula is C14H16N2OS. The van der Waals surface area contributed by atoms with Gasteiger partial charge >= 0.3 is 0 Å². The van der Waals surface area contributed by atoms with Crippen LogP contribution in [-0.4, -0.2) is 10.9 Å². The highest BCUT2D eigenvalue weighted by Gasteiger charge is 2.13. The maximum absolute atomic E-state index is 12.1. The fraction of sp³-hybridized carbons (Fsp3) is 0.286. The first-order valence-corrected chi connectivity index (χ1v) is 6.67. The number of thiophene rings is 1. The minimum absolute atomic E-state index is 0.0109. The second-order valence-corrected chi connectivity index (χ2v) is 5.58. The van der Waals surface area contributed by atoms with Crippen LogP contribution in [0.2, 0.25) is 0 Å². The number of carbonyl (C=O) groups excluding carboxylic acids is 1. The molecule has 0 fully saturated rings. The minimum Gasteiger partial charge on any atom is -0.345 e. The van der Waals surface area contributed by atoms with E-state index in [1.54, 1.807) is 12.4 Å². The zero-order chi connectivity index (χ0) is 13.1. The van der Waals surface area contributed by atoms with E-state index in [1.807, 2.05) is 39.0 Å². The number of hydrogen-bond donors (Lipinski definition) is 1. The van der Waals surface area contributed by atoms with Crippen LogP contribution in [0.1, 0.15) is 38.6 Å². The number of carbonyl (C=O) groups is 1. The van der Waals surface area contributed by atoms with Crippen molar-refractivity contribution in [2.75, 3.05) is 0 Å². The molecule has 4 heteroatoms. The van der Waals surface area contributed by atoms with Crippen molar-refractivity contribution in [1.29, 1.82) is 0 Å². The molecule has 0 spiro atoms. The molecule has 3 nitrogen and oxygen atoms in total.